The van der Waals surface area contributed by atoms with Crippen molar-refractivity contribution < 1.29 is 28.1 Å². The van der Waals surface area contributed by atoms with E-state index < -0.39 is 63.4 Å². The van der Waals surface area contributed by atoms with Crippen molar-refractivity contribution in [3.63, 3.8) is 0 Å². The molecule has 0 aliphatic carbocycles. The predicted molar refractivity (Wildman–Crippen MR) is 199 cm³/mol. The number of nitrogens with zero attached hydrogens (tertiary/aromatic N) is 2. The summed E-state index contributed by atoms with van der Waals surface area (Å²) in [6.45, 7) is 20.0. The molecular weight excluding hydrogens is 655 g/mol. The molecule has 0 aromatic heterocycles. The first-order chi connectivity index (χ1) is 22.9. The zero-order chi connectivity index (χ0) is 38.4. The van der Waals surface area contributed by atoms with Crippen molar-refractivity contribution in [2.24, 2.45) is 11.3 Å². The number of carbonyl (C=O) groups is 4. The molecule has 0 bridgehead atoms. The second-order valence-electron chi connectivity index (χ2n) is 15.7. The highest BCUT2D eigenvalue weighted by molar-refractivity contribution is 7.83. The summed E-state index contributed by atoms with van der Waals surface area (Å²) in [7, 11) is 1.34. The summed E-state index contributed by atoms with van der Waals surface area (Å²) in [6.07, 6.45) is 0.991. The molecule has 1 unspecified atom stereocenters. The molecule has 2 aromatic rings. The van der Waals surface area contributed by atoms with Crippen molar-refractivity contribution >= 4 is 40.5 Å². The largest absolute Gasteiger partial charge is 0.444 e. The van der Waals surface area contributed by atoms with Crippen LogP contribution in [0.3, 0.4) is 0 Å². The van der Waals surface area contributed by atoms with Crippen LogP contribution in [0.4, 0.5) is 10.5 Å². The van der Waals surface area contributed by atoms with Crippen LogP contribution in [-0.4, -0.2) is 75.6 Å². The molecule has 4 atom stereocenters. The first kappa shape index (κ1) is 42.0. The molecule has 0 saturated heterocycles. The third-order valence-corrected chi connectivity index (χ3v) is 9.53. The van der Waals surface area contributed by atoms with E-state index in [1.807, 2.05) is 78.8 Å². The first-order valence-electron chi connectivity index (χ1n) is 16.7. The average Bonchev–Trinajstić information content (AvgIpc) is 3.00. The van der Waals surface area contributed by atoms with Crippen LogP contribution in [0.25, 0.3) is 0 Å². The Balaban J connectivity index is 2.45. The van der Waals surface area contributed by atoms with Gasteiger partial charge in [-0.3, -0.25) is 24.0 Å². The van der Waals surface area contributed by atoms with Gasteiger partial charge in [-0.15, -0.1) is 0 Å². The van der Waals surface area contributed by atoms with Crippen LogP contribution < -0.4 is 15.8 Å². The van der Waals surface area contributed by atoms with Crippen molar-refractivity contribution in [2.75, 3.05) is 19.8 Å². The third-order valence-electron chi connectivity index (χ3n) is 8.45. The average molecular weight is 712 g/mol. The van der Waals surface area contributed by atoms with Crippen LogP contribution in [0.2, 0.25) is 0 Å². The van der Waals surface area contributed by atoms with Crippen molar-refractivity contribution in [3.8, 4) is 0 Å². The fourth-order valence-corrected chi connectivity index (χ4v) is 6.40. The number of benzene rings is 2. The molecule has 11 nitrogen and oxygen atoms in total. The molecule has 50 heavy (non-hydrogen) atoms. The molecule has 2 aromatic carbocycles. The normalized spacial score (nSPS) is 15.0. The Morgan fingerprint density at radius 1 is 0.860 bits per heavy atom. The van der Waals surface area contributed by atoms with Crippen LogP contribution >= 0.6 is 0 Å². The van der Waals surface area contributed by atoms with Gasteiger partial charge in [0.15, 0.2) is 11.0 Å². The lowest BCUT2D eigenvalue weighted by molar-refractivity contribution is -0.141. The van der Waals surface area contributed by atoms with Crippen LogP contribution in [-0.2, 0) is 35.5 Å². The molecular formula is C38H57N5O6S. The molecule has 0 aliphatic rings. The molecule has 0 heterocycles. The van der Waals surface area contributed by atoms with E-state index in [-0.39, 0.29) is 17.4 Å². The van der Waals surface area contributed by atoms with Crippen molar-refractivity contribution in [1.82, 2.24) is 19.8 Å². The smallest absolute Gasteiger partial charge is 0.410 e. The van der Waals surface area contributed by atoms with Crippen molar-refractivity contribution in [1.29, 1.82) is 0 Å². The Morgan fingerprint density at radius 3 is 1.88 bits per heavy atom. The molecule has 0 radical (unpaired) electrons. The van der Waals surface area contributed by atoms with E-state index in [9.17, 15) is 23.4 Å². The lowest BCUT2D eigenvalue weighted by Gasteiger charge is -2.42. The number of carbonyl (C=O) groups excluding carboxylic acids is 4. The number of hydrogen-bond acceptors (Lipinski definition) is 7. The minimum absolute atomic E-state index is 0.131. The van der Waals surface area contributed by atoms with Gasteiger partial charge in [-0.2, -0.15) is 0 Å². The number of hydrogen-bond donors (Lipinski definition) is 3. The molecule has 0 saturated carbocycles. The van der Waals surface area contributed by atoms with Crippen molar-refractivity contribution in [2.45, 2.75) is 110 Å². The minimum Gasteiger partial charge on any atom is -0.444 e. The van der Waals surface area contributed by atoms with E-state index in [0.717, 1.165) is 5.56 Å². The molecule has 0 spiro atoms. The highest BCUT2D eigenvalue weighted by Gasteiger charge is 2.46. The number of likely N-dealkylation sites (N-methyl/N-ethyl adjacent to an activating group) is 2. The monoisotopic (exact) mass is 711 g/mol. The van der Waals surface area contributed by atoms with E-state index in [0.29, 0.717) is 10.6 Å². The van der Waals surface area contributed by atoms with Gasteiger partial charge in [0.2, 0.25) is 11.8 Å². The zero-order valence-corrected chi connectivity index (χ0v) is 32.7. The van der Waals surface area contributed by atoms with E-state index in [4.69, 9.17) is 10.5 Å². The summed E-state index contributed by atoms with van der Waals surface area (Å²) in [6, 6.07) is 13.1. The number of nitrogens with one attached hydrogen (secondary N) is 2. The lowest BCUT2D eigenvalue weighted by Crippen LogP contribution is -2.63. The van der Waals surface area contributed by atoms with E-state index >= 15 is 0 Å². The van der Waals surface area contributed by atoms with Gasteiger partial charge < -0.3 is 20.7 Å². The maximum Gasteiger partial charge on any atom is 0.410 e. The number of amides is 4. The standard InChI is InChI=1S/C38H57N5O6S/c1-24(2)29(23-25(3)32(44)41-50(48)28-21-19-27(39)20-22-28)42(12)34(46)30(36(4,5)6)40-33(45)31(43(13)35(47)49-37(7,8)9)38(10,11)26-17-15-14-16-18-26/h14-24,29-31H,39H2,1-13H3,(H,40,45)(H,41,44)/b25-23+/t29-,30-,31-,50?/m1/s1. The number of nitrogens with two attached hydrogens (primary N) is 1. The number of ether oxygens (including phenoxy) is 1. The van der Waals surface area contributed by atoms with E-state index in [1.165, 1.54) is 16.8 Å². The molecule has 0 aliphatic heterocycles. The van der Waals surface area contributed by atoms with Crippen LogP contribution in [0.1, 0.15) is 81.7 Å². The van der Waals surface area contributed by atoms with Crippen LogP contribution in [0.5, 0.6) is 0 Å². The van der Waals surface area contributed by atoms with Gasteiger partial charge in [0.25, 0.3) is 5.91 Å². The molecule has 2 rings (SSSR count). The highest BCUT2D eigenvalue weighted by Crippen LogP contribution is 2.32. The Hall–Kier alpha value is -4.19. The highest BCUT2D eigenvalue weighted by atomic mass is 32.2. The number of anilines is 1. The summed E-state index contributed by atoms with van der Waals surface area (Å²) < 4.78 is 20.9. The Kier molecular flexibility index (Phi) is 14.0. The van der Waals surface area contributed by atoms with Gasteiger partial charge in [-0.05, 0) is 68.9 Å². The first-order valence-corrected chi connectivity index (χ1v) is 17.9. The van der Waals surface area contributed by atoms with Gasteiger partial charge in [0, 0.05) is 30.8 Å². The Morgan fingerprint density at radius 2 is 1.40 bits per heavy atom. The fourth-order valence-electron chi connectivity index (χ4n) is 5.57. The maximum absolute atomic E-state index is 14.4. The molecule has 0 fully saturated rings. The second-order valence-corrected chi connectivity index (χ2v) is 16.9. The molecule has 276 valence electrons. The van der Waals surface area contributed by atoms with Gasteiger partial charge >= 0.3 is 6.09 Å². The summed E-state index contributed by atoms with van der Waals surface area (Å²) in [5, 5.41) is 3.00. The lowest BCUT2D eigenvalue weighted by atomic mass is 9.76. The van der Waals surface area contributed by atoms with Gasteiger partial charge in [-0.1, -0.05) is 84.9 Å². The van der Waals surface area contributed by atoms with Crippen LogP contribution in [0.15, 0.2) is 71.1 Å². The Bertz CT molecular complexity index is 1560. The summed E-state index contributed by atoms with van der Waals surface area (Å²) in [5.41, 5.74) is 4.88. The second kappa shape index (κ2) is 16.7. The summed E-state index contributed by atoms with van der Waals surface area (Å²) in [4.78, 5) is 58.4. The van der Waals surface area contributed by atoms with E-state index in [2.05, 4.69) is 10.0 Å². The third kappa shape index (κ3) is 11.2. The fraction of sp³-hybridized carbons (Fsp3) is 0.526. The zero-order valence-electron chi connectivity index (χ0n) is 31.9. The number of rotatable bonds is 12. The maximum atomic E-state index is 14.4. The topological polar surface area (TPSA) is 151 Å². The van der Waals surface area contributed by atoms with Gasteiger partial charge in [0.1, 0.15) is 17.7 Å². The predicted octanol–water partition coefficient (Wildman–Crippen LogP) is 5.58. The molecule has 12 heteroatoms. The molecule has 4 N–H and O–H groups in total. The van der Waals surface area contributed by atoms with Crippen molar-refractivity contribution in [3.05, 3.63) is 71.8 Å². The molecule has 4 amide bonds. The van der Waals surface area contributed by atoms with Gasteiger partial charge in [0.05, 0.1) is 10.9 Å². The summed E-state index contributed by atoms with van der Waals surface area (Å²) >= 11 is 0. The SMILES string of the molecule is C/C(=C\[C@H](C(C)C)N(C)C(=O)[C@@H](NC(=O)[C@@H](N(C)C(=O)OC(C)(C)C)C(C)(C)c1ccccc1)C(C)(C)C)C(=O)NS(=O)c1ccc(N)cc1. The minimum atomic E-state index is -1.81. The Labute approximate surface area is 301 Å². The van der Waals surface area contributed by atoms with Gasteiger partial charge in [-0.25, -0.2) is 9.00 Å². The van der Waals surface area contributed by atoms with E-state index in [1.54, 1.807) is 65.1 Å². The number of nitrogen functional groups attached to an aromatic ring is 1. The quantitative estimate of drug-likeness (QED) is 0.192. The van der Waals surface area contributed by atoms with Crippen LogP contribution in [0, 0.1) is 11.3 Å². The summed E-state index contributed by atoms with van der Waals surface area (Å²) in [5.74, 6) is -1.58.